The number of amides is 1. The zero-order chi connectivity index (χ0) is 25.1. The van der Waals surface area contributed by atoms with E-state index in [4.69, 9.17) is 5.14 Å². The highest BCUT2D eigenvalue weighted by atomic mass is 32.2. The van der Waals surface area contributed by atoms with Gasteiger partial charge in [0.25, 0.3) is 5.91 Å². The van der Waals surface area contributed by atoms with Crippen LogP contribution in [0.15, 0.2) is 89.8 Å². The molecule has 0 atom stereocenters. The molecule has 1 fully saturated rings. The monoisotopic (exact) mass is 500 g/mol. The molecular formula is C28H28N4O3S. The number of hydrogen-bond acceptors (Lipinski definition) is 5. The van der Waals surface area contributed by atoms with Crippen molar-refractivity contribution in [1.82, 2.24) is 14.8 Å². The van der Waals surface area contributed by atoms with Crippen LogP contribution in [0.5, 0.6) is 0 Å². The molecule has 1 aliphatic heterocycles. The fourth-order valence-corrected chi connectivity index (χ4v) is 5.35. The molecule has 0 radical (unpaired) electrons. The molecule has 1 aromatic heterocycles. The molecule has 4 aromatic rings. The van der Waals surface area contributed by atoms with E-state index < -0.39 is 10.0 Å². The van der Waals surface area contributed by atoms with E-state index in [1.807, 2.05) is 47.4 Å². The summed E-state index contributed by atoms with van der Waals surface area (Å²) in [6.07, 6.45) is 0.935. The average Bonchev–Trinajstić information content (AvgIpc) is 3.13. The van der Waals surface area contributed by atoms with Crippen molar-refractivity contribution in [2.45, 2.75) is 17.9 Å². The molecule has 0 aliphatic carbocycles. The second kappa shape index (κ2) is 10.2. The van der Waals surface area contributed by atoms with Crippen molar-refractivity contribution in [2.75, 3.05) is 26.2 Å². The third kappa shape index (κ3) is 5.31. The third-order valence-electron chi connectivity index (χ3n) is 6.54. The van der Waals surface area contributed by atoms with Crippen LogP contribution >= 0.6 is 0 Å². The Balaban J connectivity index is 1.30. The van der Waals surface area contributed by atoms with Crippen molar-refractivity contribution in [3.8, 4) is 11.3 Å². The number of carbonyl (C=O) groups excluding carboxylic acids is 1. The Morgan fingerprint density at radius 2 is 1.61 bits per heavy atom. The lowest BCUT2D eigenvalue weighted by Gasteiger charge is -2.22. The Kier molecular flexibility index (Phi) is 6.82. The highest BCUT2D eigenvalue weighted by Crippen LogP contribution is 2.25. The topological polar surface area (TPSA) is 96.6 Å². The van der Waals surface area contributed by atoms with Gasteiger partial charge in [-0.15, -0.1) is 0 Å². The molecule has 7 nitrogen and oxygen atoms in total. The summed E-state index contributed by atoms with van der Waals surface area (Å²) in [5.41, 5.74) is 3.65. The summed E-state index contributed by atoms with van der Waals surface area (Å²) in [7, 11) is -3.90. The third-order valence-corrected chi connectivity index (χ3v) is 7.48. The van der Waals surface area contributed by atoms with Gasteiger partial charge in [0, 0.05) is 49.2 Å². The fourth-order valence-electron chi connectivity index (χ4n) is 4.65. The molecule has 184 valence electrons. The Bertz CT molecular complexity index is 1490. The lowest BCUT2D eigenvalue weighted by molar-refractivity contribution is 0.0761. The zero-order valence-corrected chi connectivity index (χ0v) is 20.7. The molecule has 2 N–H and O–H groups in total. The first-order chi connectivity index (χ1) is 17.4. The average molecular weight is 501 g/mol. The van der Waals surface area contributed by atoms with Crippen molar-refractivity contribution in [2.24, 2.45) is 5.14 Å². The molecule has 36 heavy (non-hydrogen) atoms. The number of nitrogens with two attached hydrogens (primary N) is 1. The largest absolute Gasteiger partial charge is 0.337 e. The van der Waals surface area contributed by atoms with Crippen molar-refractivity contribution < 1.29 is 13.2 Å². The van der Waals surface area contributed by atoms with E-state index in [-0.39, 0.29) is 10.8 Å². The van der Waals surface area contributed by atoms with E-state index in [0.29, 0.717) is 28.7 Å². The highest BCUT2D eigenvalue weighted by molar-refractivity contribution is 7.89. The molecule has 1 saturated heterocycles. The van der Waals surface area contributed by atoms with Gasteiger partial charge in [-0.05, 0) is 36.2 Å². The first-order valence-corrected chi connectivity index (χ1v) is 13.5. The minimum atomic E-state index is -3.90. The van der Waals surface area contributed by atoms with E-state index in [1.54, 1.807) is 12.1 Å². The summed E-state index contributed by atoms with van der Waals surface area (Å²) in [5.74, 6) is 0.0195. The minimum Gasteiger partial charge on any atom is -0.337 e. The quantitative estimate of drug-likeness (QED) is 0.448. The number of nitrogens with zero attached hydrogens (tertiary/aromatic N) is 3. The van der Waals surface area contributed by atoms with Gasteiger partial charge in [0.05, 0.1) is 11.2 Å². The summed E-state index contributed by atoms with van der Waals surface area (Å²) in [5, 5.41) is 6.07. The number of carbonyl (C=O) groups is 1. The second-order valence-corrected chi connectivity index (χ2v) is 10.6. The summed E-state index contributed by atoms with van der Waals surface area (Å²) in [4.78, 5) is 22.1. The van der Waals surface area contributed by atoms with Gasteiger partial charge in [-0.3, -0.25) is 9.69 Å². The molecule has 0 unspecified atom stereocenters. The van der Waals surface area contributed by atoms with Gasteiger partial charge in [0.1, 0.15) is 4.90 Å². The maximum Gasteiger partial charge on any atom is 0.253 e. The minimum absolute atomic E-state index is 0.00359. The van der Waals surface area contributed by atoms with Gasteiger partial charge in [-0.1, -0.05) is 60.7 Å². The molecule has 1 aliphatic rings. The predicted octanol–water partition coefficient (Wildman–Crippen LogP) is 3.90. The molecule has 0 saturated carbocycles. The fraction of sp³-hybridized carbons (Fsp3) is 0.214. The normalized spacial score (nSPS) is 15.1. The van der Waals surface area contributed by atoms with Crippen molar-refractivity contribution in [3.05, 3.63) is 96.1 Å². The molecule has 3 aromatic carbocycles. The van der Waals surface area contributed by atoms with Crippen LogP contribution in [0.1, 0.15) is 22.3 Å². The molecule has 2 heterocycles. The maximum absolute atomic E-state index is 13.2. The number of para-hydroxylation sites is 1. The number of rotatable bonds is 5. The van der Waals surface area contributed by atoms with E-state index in [1.165, 1.54) is 11.6 Å². The van der Waals surface area contributed by atoms with Gasteiger partial charge < -0.3 is 4.90 Å². The van der Waals surface area contributed by atoms with Crippen LogP contribution in [0.25, 0.3) is 22.2 Å². The summed E-state index contributed by atoms with van der Waals surface area (Å²) in [6, 6.07) is 26.3. The number of primary sulfonamides is 1. The summed E-state index contributed by atoms with van der Waals surface area (Å²) in [6.45, 7) is 4.12. The van der Waals surface area contributed by atoms with E-state index in [9.17, 15) is 13.2 Å². The summed E-state index contributed by atoms with van der Waals surface area (Å²) >= 11 is 0. The Hall–Kier alpha value is -3.59. The van der Waals surface area contributed by atoms with E-state index in [2.05, 4.69) is 34.1 Å². The molecule has 1 amide bonds. The standard InChI is InChI=1S/C28H28N4O3S/c29-36(34,35)26-9-4-8-23-14-15-25(30-27(23)26)22-10-12-24(13-11-22)28(33)32-17-5-16-31(18-19-32)20-21-6-2-1-3-7-21/h1-4,6-15H,5,16-20H2,(H2,29,34,35). The van der Waals surface area contributed by atoms with Crippen LogP contribution in [0.2, 0.25) is 0 Å². The summed E-state index contributed by atoms with van der Waals surface area (Å²) < 4.78 is 24.0. The van der Waals surface area contributed by atoms with Crippen LogP contribution in [0, 0.1) is 0 Å². The molecule has 8 heteroatoms. The van der Waals surface area contributed by atoms with Gasteiger partial charge in [0.15, 0.2) is 0 Å². The van der Waals surface area contributed by atoms with Crippen molar-refractivity contribution >= 4 is 26.8 Å². The van der Waals surface area contributed by atoms with E-state index in [0.717, 1.165) is 38.2 Å². The van der Waals surface area contributed by atoms with Crippen LogP contribution in [0.4, 0.5) is 0 Å². The lowest BCUT2D eigenvalue weighted by atomic mass is 10.1. The van der Waals surface area contributed by atoms with E-state index >= 15 is 0 Å². The number of fused-ring (bicyclic) bond motifs is 1. The van der Waals surface area contributed by atoms with Gasteiger partial charge >= 0.3 is 0 Å². The predicted molar refractivity (Wildman–Crippen MR) is 141 cm³/mol. The first-order valence-electron chi connectivity index (χ1n) is 12.0. The smallest absolute Gasteiger partial charge is 0.253 e. The van der Waals surface area contributed by atoms with Crippen LogP contribution in [0.3, 0.4) is 0 Å². The molecular weight excluding hydrogens is 472 g/mol. The van der Waals surface area contributed by atoms with Crippen LogP contribution < -0.4 is 5.14 Å². The molecule has 5 rings (SSSR count). The van der Waals surface area contributed by atoms with Crippen molar-refractivity contribution in [3.63, 3.8) is 0 Å². The number of benzene rings is 3. The second-order valence-electron chi connectivity index (χ2n) is 9.05. The zero-order valence-electron chi connectivity index (χ0n) is 19.9. The Morgan fingerprint density at radius 3 is 2.36 bits per heavy atom. The van der Waals surface area contributed by atoms with Crippen LogP contribution in [-0.2, 0) is 16.6 Å². The SMILES string of the molecule is NS(=O)(=O)c1cccc2ccc(-c3ccc(C(=O)N4CCCN(Cc5ccccc5)CC4)cc3)nc12. The van der Waals surface area contributed by atoms with Gasteiger partial charge in [-0.2, -0.15) is 0 Å². The number of sulfonamides is 1. The Labute approximate surface area is 211 Å². The number of hydrogen-bond donors (Lipinski definition) is 1. The number of aromatic nitrogens is 1. The molecule has 0 bridgehead atoms. The highest BCUT2D eigenvalue weighted by Gasteiger charge is 2.21. The van der Waals surface area contributed by atoms with Gasteiger partial charge in [-0.25, -0.2) is 18.5 Å². The molecule has 0 spiro atoms. The van der Waals surface area contributed by atoms with Crippen LogP contribution in [-0.4, -0.2) is 55.3 Å². The lowest BCUT2D eigenvalue weighted by Crippen LogP contribution is -2.35. The number of pyridine rings is 1. The van der Waals surface area contributed by atoms with Gasteiger partial charge in [0.2, 0.25) is 10.0 Å². The van der Waals surface area contributed by atoms with Crippen molar-refractivity contribution in [1.29, 1.82) is 0 Å². The first kappa shape index (κ1) is 24.1. The Morgan fingerprint density at radius 1 is 0.833 bits per heavy atom. The maximum atomic E-state index is 13.2.